The van der Waals surface area contributed by atoms with Gasteiger partial charge < -0.3 is 10.6 Å². The fraction of sp³-hybridized carbons (Fsp3) is 0.704. The second kappa shape index (κ2) is 9.17. The van der Waals surface area contributed by atoms with Crippen molar-refractivity contribution < 1.29 is 9.59 Å². The van der Waals surface area contributed by atoms with Crippen molar-refractivity contribution in [3.8, 4) is 0 Å². The second-order valence-electron chi connectivity index (χ2n) is 11.4. The molecule has 32 heavy (non-hydrogen) atoms. The Kier molecular flexibility index (Phi) is 6.28. The van der Waals surface area contributed by atoms with Gasteiger partial charge in [0, 0.05) is 18.5 Å². The van der Waals surface area contributed by atoms with Crippen LogP contribution in [0.1, 0.15) is 69.4 Å². The van der Waals surface area contributed by atoms with E-state index in [0.29, 0.717) is 6.54 Å². The predicted molar refractivity (Wildman–Crippen MR) is 126 cm³/mol. The van der Waals surface area contributed by atoms with E-state index in [-0.39, 0.29) is 23.8 Å². The quantitative estimate of drug-likeness (QED) is 0.681. The van der Waals surface area contributed by atoms with Crippen LogP contribution in [0.4, 0.5) is 0 Å². The Morgan fingerprint density at radius 1 is 0.938 bits per heavy atom. The molecule has 0 radical (unpaired) electrons. The van der Waals surface area contributed by atoms with E-state index in [1.54, 1.807) is 0 Å². The van der Waals surface area contributed by atoms with E-state index in [1.807, 2.05) is 6.07 Å². The van der Waals surface area contributed by atoms with Crippen molar-refractivity contribution in [1.82, 2.24) is 15.5 Å². The van der Waals surface area contributed by atoms with Crippen molar-refractivity contribution in [1.29, 1.82) is 0 Å². The number of carbonyl (C=O) groups excluding carboxylic acids is 2. The number of carbonyl (C=O) groups is 2. The summed E-state index contributed by atoms with van der Waals surface area (Å²) in [6, 6.07) is 8.40. The third-order valence-electron chi connectivity index (χ3n) is 8.79. The molecule has 5 fully saturated rings. The molecule has 5 aliphatic rings. The summed E-state index contributed by atoms with van der Waals surface area (Å²) in [6.07, 6.45) is 9.61. The lowest BCUT2D eigenvalue weighted by atomic mass is 9.49. The summed E-state index contributed by atoms with van der Waals surface area (Å²) >= 11 is 0. The van der Waals surface area contributed by atoms with Gasteiger partial charge in [-0.05, 0) is 99.3 Å². The summed E-state index contributed by atoms with van der Waals surface area (Å²) in [6.45, 7) is 6.19. The zero-order valence-electron chi connectivity index (χ0n) is 19.6. The van der Waals surface area contributed by atoms with Gasteiger partial charge in [-0.1, -0.05) is 31.2 Å². The van der Waals surface area contributed by atoms with Crippen LogP contribution in [0.15, 0.2) is 24.3 Å². The maximum absolute atomic E-state index is 13.1. The van der Waals surface area contributed by atoms with Gasteiger partial charge in [0.05, 0.1) is 6.54 Å². The Labute approximate surface area is 192 Å². The first-order chi connectivity index (χ1) is 15.5. The van der Waals surface area contributed by atoms with Gasteiger partial charge in [0.2, 0.25) is 11.8 Å². The first kappa shape index (κ1) is 21.9. The maximum atomic E-state index is 13.1. The van der Waals surface area contributed by atoms with Crippen LogP contribution in [-0.2, 0) is 22.7 Å². The molecular formula is C27H39N3O2. The molecule has 1 aliphatic heterocycles. The lowest BCUT2D eigenvalue weighted by Crippen LogP contribution is -2.54. The minimum atomic E-state index is -0.187. The molecule has 2 amide bonds. The summed E-state index contributed by atoms with van der Waals surface area (Å²) < 4.78 is 0. The van der Waals surface area contributed by atoms with Crippen LogP contribution in [0, 0.1) is 29.1 Å². The highest BCUT2D eigenvalue weighted by Crippen LogP contribution is 2.60. The molecule has 0 atom stereocenters. The Balaban J connectivity index is 1.11. The third kappa shape index (κ3) is 4.73. The van der Waals surface area contributed by atoms with Gasteiger partial charge in [0.1, 0.15) is 0 Å². The van der Waals surface area contributed by atoms with Crippen molar-refractivity contribution in [2.45, 2.75) is 71.4 Å². The number of hydrogen-bond donors (Lipinski definition) is 2. The number of rotatable bonds is 7. The van der Waals surface area contributed by atoms with Crippen LogP contribution < -0.4 is 10.6 Å². The zero-order chi connectivity index (χ0) is 22.1. The van der Waals surface area contributed by atoms with E-state index < -0.39 is 0 Å². The second-order valence-corrected chi connectivity index (χ2v) is 11.4. The van der Waals surface area contributed by atoms with Gasteiger partial charge >= 0.3 is 0 Å². The van der Waals surface area contributed by atoms with Gasteiger partial charge in [0.25, 0.3) is 0 Å². The van der Waals surface area contributed by atoms with Crippen molar-refractivity contribution >= 4 is 11.8 Å². The highest BCUT2D eigenvalue weighted by atomic mass is 16.2. The molecular weight excluding hydrogens is 398 g/mol. The van der Waals surface area contributed by atoms with Crippen LogP contribution in [0.5, 0.6) is 0 Å². The first-order valence-electron chi connectivity index (χ1n) is 12.8. The summed E-state index contributed by atoms with van der Waals surface area (Å²) in [4.78, 5) is 28.1. The topological polar surface area (TPSA) is 61.4 Å². The number of benzene rings is 1. The average molecular weight is 438 g/mol. The fourth-order valence-electron chi connectivity index (χ4n) is 7.34. The summed E-state index contributed by atoms with van der Waals surface area (Å²) in [5.74, 6) is 3.08. The zero-order valence-corrected chi connectivity index (χ0v) is 19.6. The molecule has 1 heterocycles. The number of amides is 2. The Morgan fingerprint density at radius 2 is 1.53 bits per heavy atom. The molecule has 4 aliphatic carbocycles. The monoisotopic (exact) mass is 437 g/mol. The van der Waals surface area contributed by atoms with Gasteiger partial charge in [0.15, 0.2) is 0 Å². The van der Waals surface area contributed by atoms with Gasteiger partial charge in [-0.2, -0.15) is 0 Å². The molecule has 1 aromatic rings. The molecule has 4 bridgehead atoms. The van der Waals surface area contributed by atoms with Gasteiger partial charge in [-0.3, -0.25) is 14.5 Å². The Bertz CT molecular complexity index is 808. The minimum absolute atomic E-state index is 0.0900. The number of piperidine rings is 1. The molecule has 174 valence electrons. The van der Waals surface area contributed by atoms with E-state index in [2.05, 4.69) is 40.7 Å². The van der Waals surface area contributed by atoms with Crippen LogP contribution in [0.3, 0.4) is 0 Å². The van der Waals surface area contributed by atoms with Crippen molar-refractivity contribution in [3.05, 3.63) is 35.4 Å². The number of nitrogens with one attached hydrogen (secondary N) is 2. The molecule has 1 aromatic carbocycles. The minimum Gasteiger partial charge on any atom is -0.350 e. The highest BCUT2D eigenvalue weighted by Gasteiger charge is 2.54. The van der Waals surface area contributed by atoms with Crippen LogP contribution in [0.25, 0.3) is 0 Å². The van der Waals surface area contributed by atoms with Crippen LogP contribution >= 0.6 is 0 Å². The van der Waals surface area contributed by atoms with Gasteiger partial charge in [-0.25, -0.2) is 0 Å². The normalized spacial score (nSPS) is 32.1. The number of nitrogens with zero attached hydrogens (tertiary/aromatic N) is 1. The number of hydrogen-bond acceptors (Lipinski definition) is 3. The molecule has 5 heteroatoms. The first-order valence-corrected chi connectivity index (χ1v) is 12.8. The van der Waals surface area contributed by atoms with Crippen molar-refractivity contribution in [2.75, 3.05) is 19.6 Å². The summed E-state index contributed by atoms with van der Waals surface area (Å²) in [5, 5.41) is 6.04. The van der Waals surface area contributed by atoms with Crippen molar-refractivity contribution in [2.24, 2.45) is 29.1 Å². The third-order valence-corrected chi connectivity index (χ3v) is 8.79. The smallest absolute Gasteiger partial charge is 0.239 e. The fourth-order valence-corrected chi connectivity index (χ4v) is 7.34. The molecule has 0 aromatic heterocycles. The van der Waals surface area contributed by atoms with Crippen LogP contribution in [-0.4, -0.2) is 36.3 Å². The Hall–Kier alpha value is -1.88. The standard InChI is InChI=1S/C27H39N3O2/c1-19-6-8-30(9-7-19)18-24-5-3-2-4-23(24)16-28-25(31)17-29-26(32)27-13-20-10-21(14-27)12-22(11-20)15-27/h2-5,19-22H,6-18H2,1H3,(H,28,31)(H,29,32). The predicted octanol–water partition coefficient (Wildman–Crippen LogP) is 3.87. The summed E-state index contributed by atoms with van der Waals surface area (Å²) in [7, 11) is 0. The molecule has 4 saturated carbocycles. The van der Waals surface area contributed by atoms with E-state index in [1.165, 1.54) is 43.2 Å². The van der Waals surface area contributed by atoms with Gasteiger partial charge in [-0.15, -0.1) is 0 Å². The SMILES string of the molecule is CC1CCN(Cc2ccccc2CNC(=O)CNC(=O)C23CC4CC(CC(C4)C2)C3)CC1. The maximum Gasteiger partial charge on any atom is 0.239 e. The molecule has 1 saturated heterocycles. The average Bonchev–Trinajstić information content (AvgIpc) is 2.77. The van der Waals surface area contributed by atoms with Crippen molar-refractivity contribution in [3.63, 3.8) is 0 Å². The molecule has 0 unspecified atom stereocenters. The highest BCUT2D eigenvalue weighted by molar-refractivity contribution is 5.88. The molecule has 0 spiro atoms. The lowest BCUT2D eigenvalue weighted by Gasteiger charge is -2.55. The largest absolute Gasteiger partial charge is 0.350 e. The van der Waals surface area contributed by atoms with E-state index in [0.717, 1.165) is 62.6 Å². The lowest BCUT2D eigenvalue weighted by molar-refractivity contribution is -0.147. The number of likely N-dealkylation sites (tertiary alicyclic amines) is 1. The molecule has 2 N–H and O–H groups in total. The molecule has 6 rings (SSSR count). The van der Waals surface area contributed by atoms with E-state index in [9.17, 15) is 9.59 Å². The van der Waals surface area contributed by atoms with Crippen LogP contribution in [0.2, 0.25) is 0 Å². The van der Waals surface area contributed by atoms with E-state index in [4.69, 9.17) is 0 Å². The summed E-state index contributed by atoms with van der Waals surface area (Å²) in [5.41, 5.74) is 2.28. The Morgan fingerprint density at radius 3 is 2.16 bits per heavy atom. The molecule has 5 nitrogen and oxygen atoms in total. The van der Waals surface area contributed by atoms with E-state index >= 15 is 0 Å².